The quantitative estimate of drug-likeness (QED) is 0.324. The van der Waals surface area contributed by atoms with Crippen LogP contribution >= 0.6 is 0 Å². The lowest BCUT2D eigenvalue weighted by molar-refractivity contribution is -0.319. The van der Waals surface area contributed by atoms with Crippen LogP contribution in [0.25, 0.3) is 0 Å². The van der Waals surface area contributed by atoms with Crippen molar-refractivity contribution in [2.24, 2.45) is 23.7 Å². The van der Waals surface area contributed by atoms with Crippen LogP contribution in [0.1, 0.15) is 32.6 Å². The van der Waals surface area contributed by atoms with E-state index in [9.17, 15) is 30.3 Å². The molecule has 3 fully saturated rings. The van der Waals surface area contributed by atoms with Gasteiger partial charge in [0.25, 0.3) is 0 Å². The van der Waals surface area contributed by atoms with Crippen LogP contribution in [0.4, 0.5) is 0 Å². The maximum absolute atomic E-state index is 11.4. The normalized spacial score (nSPS) is 45.5. The molecule has 8 nitrogen and oxygen atoms in total. The maximum atomic E-state index is 11.4. The molecule has 8 heteroatoms. The molecule has 0 radical (unpaired) electrons. The molecule has 0 bridgehead atoms. The van der Waals surface area contributed by atoms with E-state index in [1.165, 1.54) is 0 Å². The summed E-state index contributed by atoms with van der Waals surface area (Å²) in [6.45, 7) is 9.49. The molecular formula is C21H32O8. The van der Waals surface area contributed by atoms with Crippen LogP contribution in [0.2, 0.25) is 0 Å². The van der Waals surface area contributed by atoms with Crippen molar-refractivity contribution in [2.45, 2.75) is 69.4 Å². The molecule has 5 N–H and O–H groups in total. The Labute approximate surface area is 170 Å². The van der Waals surface area contributed by atoms with Crippen molar-refractivity contribution in [1.29, 1.82) is 0 Å². The second-order valence-corrected chi connectivity index (χ2v) is 8.73. The highest BCUT2D eigenvalue weighted by atomic mass is 16.7. The fraction of sp³-hybridized carbons (Fsp3) is 0.762. The number of rotatable bonds is 5. The molecule has 3 rings (SSSR count). The monoisotopic (exact) mass is 412 g/mol. The Morgan fingerprint density at radius 3 is 2.52 bits per heavy atom. The summed E-state index contributed by atoms with van der Waals surface area (Å²) < 4.78 is 11.6. The molecule has 2 aliphatic carbocycles. The Hall–Kier alpha value is -1.29. The number of hydrogen-bond acceptors (Lipinski definition) is 7. The summed E-state index contributed by atoms with van der Waals surface area (Å²) in [5.41, 5.74) is 1.29. The number of hydrogen-bond donors (Lipinski definition) is 5. The van der Waals surface area contributed by atoms with Gasteiger partial charge >= 0.3 is 5.97 Å². The molecule has 0 unspecified atom stereocenters. The third-order valence-electron chi connectivity index (χ3n) is 6.94. The van der Waals surface area contributed by atoms with E-state index in [0.29, 0.717) is 25.7 Å². The van der Waals surface area contributed by atoms with Gasteiger partial charge in [-0.05, 0) is 49.4 Å². The van der Waals surface area contributed by atoms with Crippen LogP contribution < -0.4 is 0 Å². The first-order chi connectivity index (χ1) is 13.6. The molecule has 2 saturated carbocycles. The second-order valence-electron chi connectivity index (χ2n) is 8.73. The van der Waals surface area contributed by atoms with Crippen molar-refractivity contribution in [3.05, 3.63) is 24.3 Å². The van der Waals surface area contributed by atoms with E-state index in [0.717, 1.165) is 5.57 Å². The van der Waals surface area contributed by atoms with Gasteiger partial charge in [-0.2, -0.15) is 0 Å². The van der Waals surface area contributed by atoms with Gasteiger partial charge < -0.3 is 35.0 Å². The van der Waals surface area contributed by atoms with Crippen molar-refractivity contribution in [3.8, 4) is 0 Å². The summed E-state index contributed by atoms with van der Waals surface area (Å²) in [4.78, 5) is 11.4. The predicted molar refractivity (Wildman–Crippen MR) is 103 cm³/mol. The molecular weight excluding hydrogens is 380 g/mol. The average molecular weight is 412 g/mol. The lowest BCUT2D eigenvalue weighted by Crippen LogP contribution is -2.60. The van der Waals surface area contributed by atoms with Crippen molar-refractivity contribution in [1.82, 2.24) is 0 Å². The molecule has 10 atom stereocenters. The number of ether oxygens (including phenoxy) is 2. The summed E-state index contributed by atoms with van der Waals surface area (Å²) in [7, 11) is 0. The number of aliphatic hydroxyl groups excluding tert-OH is 4. The fourth-order valence-electron chi connectivity index (χ4n) is 5.30. The minimum absolute atomic E-state index is 0.0708. The number of aliphatic hydroxyl groups is 4. The first-order valence-corrected chi connectivity index (χ1v) is 10.2. The number of carboxylic acids is 1. The zero-order chi connectivity index (χ0) is 21.5. The van der Waals surface area contributed by atoms with Crippen molar-refractivity contribution < 1.29 is 39.8 Å². The van der Waals surface area contributed by atoms with Gasteiger partial charge in [0.1, 0.15) is 24.4 Å². The van der Waals surface area contributed by atoms with Crippen molar-refractivity contribution in [3.63, 3.8) is 0 Å². The summed E-state index contributed by atoms with van der Waals surface area (Å²) >= 11 is 0. The molecule has 0 aromatic heterocycles. The predicted octanol–water partition coefficient (Wildman–Crippen LogP) is 0.441. The molecule has 1 aliphatic heterocycles. The highest BCUT2D eigenvalue weighted by molar-refractivity contribution is 5.86. The van der Waals surface area contributed by atoms with Crippen LogP contribution in [0.15, 0.2) is 24.3 Å². The average Bonchev–Trinajstić information content (AvgIpc) is 2.69. The minimum Gasteiger partial charge on any atom is -0.478 e. The third-order valence-corrected chi connectivity index (χ3v) is 6.94. The van der Waals surface area contributed by atoms with Crippen molar-refractivity contribution in [2.75, 3.05) is 6.61 Å². The number of fused-ring (bicyclic) bond motifs is 1. The Kier molecular flexibility index (Phi) is 6.82. The van der Waals surface area contributed by atoms with Crippen LogP contribution in [-0.2, 0) is 14.3 Å². The number of allylic oxidation sites excluding steroid dienone is 1. The first-order valence-electron chi connectivity index (χ1n) is 10.2. The van der Waals surface area contributed by atoms with E-state index in [2.05, 4.69) is 20.1 Å². The summed E-state index contributed by atoms with van der Waals surface area (Å²) in [5, 5.41) is 49.0. The van der Waals surface area contributed by atoms with E-state index in [4.69, 9.17) is 9.47 Å². The second kappa shape index (κ2) is 8.83. The smallest absolute Gasteiger partial charge is 0.331 e. The van der Waals surface area contributed by atoms with Crippen molar-refractivity contribution >= 4 is 5.97 Å². The highest BCUT2D eigenvalue weighted by Crippen LogP contribution is 2.50. The van der Waals surface area contributed by atoms with E-state index >= 15 is 0 Å². The topological polar surface area (TPSA) is 137 Å². The van der Waals surface area contributed by atoms with Crippen LogP contribution in [0, 0.1) is 23.7 Å². The van der Waals surface area contributed by atoms with Gasteiger partial charge in [0.15, 0.2) is 6.29 Å². The van der Waals surface area contributed by atoms with Gasteiger partial charge in [-0.1, -0.05) is 25.7 Å². The van der Waals surface area contributed by atoms with Gasteiger partial charge in [0, 0.05) is 5.57 Å². The largest absolute Gasteiger partial charge is 0.478 e. The van der Waals surface area contributed by atoms with Gasteiger partial charge in [-0.25, -0.2) is 4.79 Å². The Balaban J connectivity index is 1.75. The number of carboxylic acid groups (broad SMARTS) is 1. The minimum atomic E-state index is -1.48. The molecule has 29 heavy (non-hydrogen) atoms. The number of aliphatic carboxylic acids is 1. The molecule has 164 valence electrons. The maximum Gasteiger partial charge on any atom is 0.331 e. The molecule has 1 heterocycles. The lowest BCUT2D eigenvalue weighted by Gasteiger charge is -2.50. The fourth-order valence-corrected chi connectivity index (χ4v) is 5.30. The standard InChI is InChI=1S/C21H32O8/c1-9-4-5-14(28-21-19(25)18(24)17(23)15(8-22)29-21)16-10(2)6-12(7-13(9)16)11(3)20(26)27/h10,12-19,21-25H,1,3-8H2,2H3,(H,26,27)/t10-,12-,13-,14+,15+,16-,17+,18-,19+,21+/m0/s1. The van der Waals surface area contributed by atoms with Crippen LogP contribution in [-0.4, -0.2) is 74.9 Å². The Morgan fingerprint density at radius 2 is 1.90 bits per heavy atom. The van der Waals surface area contributed by atoms with E-state index in [1.54, 1.807) is 0 Å². The molecule has 0 amide bonds. The third kappa shape index (κ3) is 4.28. The molecule has 0 spiro atoms. The van der Waals surface area contributed by atoms with Crippen LogP contribution in [0.5, 0.6) is 0 Å². The van der Waals surface area contributed by atoms with Gasteiger partial charge in [-0.15, -0.1) is 0 Å². The Morgan fingerprint density at radius 1 is 1.21 bits per heavy atom. The van der Waals surface area contributed by atoms with Gasteiger partial charge in [0.05, 0.1) is 12.7 Å². The highest BCUT2D eigenvalue weighted by Gasteiger charge is 2.49. The van der Waals surface area contributed by atoms with Crippen LogP contribution in [0.3, 0.4) is 0 Å². The Bertz CT molecular complexity index is 647. The summed E-state index contributed by atoms with van der Waals surface area (Å²) in [5.74, 6) is -0.811. The van der Waals surface area contributed by atoms with Gasteiger partial charge in [0.2, 0.25) is 0 Å². The molecule has 0 aromatic rings. The SMILES string of the molecule is C=C(C(=O)O)[C@H]1C[C@H](C)[C@@H]2[C@H](O[C@@H]3O[C@H](CO)[C@@H](O)[C@H](O)[C@H]3O)CCC(=C)[C@@H]2C1. The zero-order valence-electron chi connectivity index (χ0n) is 16.7. The van der Waals surface area contributed by atoms with Gasteiger partial charge in [-0.3, -0.25) is 0 Å². The van der Waals surface area contributed by atoms with E-state index in [-0.39, 0.29) is 35.3 Å². The number of carbonyl (C=O) groups is 1. The van der Waals surface area contributed by atoms with E-state index < -0.39 is 43.3 Å². The van der Waals surface area contributed by atoms with E-state index in [1.807, 2.05) is 0 Å². The molecule has 3 aliphatic rings. The molecule has 0 aromatic carbocycles. The summed E-state index contributed by atoms with van der Waals surface area (Å²) in [6, 6.07) is 0. The first kappa shape index (κ1) is 22.4. The zero-order valence-corrected chi connectivity index (χ0v) is 16.7. The summed E-state index contributed by atoms with van der Waals surface area (Å²) in [6.07, 6.45) is -4.09. The lowest BCUT2D eigenvalue weighted by atomic mass is 9.59. The molecule has 1 saturated heterocycles.